The minimum absolute atomic E-state index is 0.00601. The number of nitrogens with one attached hydrogen (secondary N) is 1. The Labute approximate surface area is 93.4 Å². The summed E-state index contributed by atoms with van der Waals surface area (Å²) in [4.78, 5) is 11.3. The van der Waals surface area contributed by atoms with Gasteiger partial charge in [-0.1, -0.05) is 12.1 Å². The van der Waals surface area contributed by atoms with E-state index in [2.05, 4.69) is 17.5 Å². The van der Waals surface area contributed by atoms with E-state index in [0.29, 0.717) is 0 Å². The number of hydrogen-bond donors (Lipinski definition) is 2. The summed E-state index contributed by atoms with van der Waals surface area (Å²) in [6.07, 6.45) is 0.251. The smallest absolute Gasteiger partial charge is 0.230 e. The van der Waals surface area contributed by atoms with Gasteiger partial charge in [-0.05, 0) is 29.9 Å². The summed E-state index contributed by atoms with van der Waals surface area (Å²) < 4.78 is 5.00. The van der Waals surface area contributed by atoms with Crippen molar-refractivity contribution < 1.29 is 9.53 Å². The molecule has 4 nitrogen and oxygen atoms in total. The molecule has 1 amide bonds. The number of carbonyl (C=O) groups is 1. The van der Waals surface area contributed by atoms with Crippen LogP contribution < -0.4 is 15.8 Å². The lowest BCUT2D eigenvalue weighted by atomic mass is 10.1. The zero-order chi connectivity index (χ0) is 11.3. The second kappa shape index (κ2) is 5.31. The highest BCUT2D eigenvalue weighted by molar-refractivity contribution is 7.80. The van der Waals surface area contributed by atoms with Crippen LogP contribution in [0.5, 0.6) is 5.75 Å². The van der Waals surface area contributed by atoms with E-state index in [-0.39, 0.29) is 17.4 Å². The van der Waals surface area contributed by atoms with Gasteiger partial charge < -0.3 is 15.8 Å². The molecule has 5 heteroatoms. The molecule has 0 heterocycles. The minimum atomic E-state index is -0.215. The molecule has 0 aliphatic carbocycles. The van der Waals surface area contributed by atoms with E-state index in [1.165, 1.54) is 0 Å². The van der Waals surface area contributed by atoms with Crippen LogP contribution in [0, 0.1) is 0 Å². The predicted octanol–water partition coefficient (Wildman–Crippen LogP) is 0.597. The Morgan fingerprint density at radius 3 is 2.53 bits per heavy atom. The topological polar surface area (TPSA) is 64.3 Å². The molecule has 80 valence electrons. The van der Waals surface area contributed by atoms with Gasteiger partial charge in [-0.2, -0.15) is 0 Å². The van der Waals surface area contributed by atoms with Gasteiger partial charge in [0.15, 0.2) is 5.11 Å². The number of rotatable bonds is 3. The molecule has 0 atom stereocenters. The molecule has 0 saturated heterocycles. The minimum Gasteiger partial charge on any atom is -0.497 e. The summed E-state index contributed by atoms with van der Waals surface area (Å²) in [5.41, 5.74) is 6.05. The summed E-state index contributed by atoms with van der Waals surface area (Å²) in [5.74, 6) is 0.543. The lowest BCUT2D eigenvalue weighted by molar-refractivity contribution is -0.119. The molecule has 0 bridgehead atoms. The first-order valence-corrected chi connectivity index (χ1v) is 4.75. The normalized spacial score (nSPS) is 9.40. The first-order chi connectivity index (χ1) is 7.11. The summed E-state index contributed by atoms with van der Waals surface area (Å²) in [5, 5.41) is 2.35. The van der Waals surface area contributed by atoms with Gasteiger partial charge in [0.25, 0.3) is 0 Å². The van der Waals surface area contributed by atoms with Crippen LogP contribution in [0.2, 0.25) is 0 Å². The molecular formula is C10H12N2O2S. The zero-order valence-corrected chi connectivity index (χ0v) is 9.14. The predicted molar refractivity (Wildman–Crippen MR) is 61.6 cm³/mol. The van der Waals surface area contributed by atoms with Gasteiger partial charge in [0.2, 0.25) is 5.91 Å². The van der Waals surface area contributed by atoms with Crippen molar-refractivity contribution in [2.24, 2.45) is 5.73 Å². The van der Waals surface area contributed by atoms with E-state index in [1.807, 2.05) is 12.1 Å². The molecule has 0 aromatic heterocycles. The second-order valence-corrected chi connectivity index (χ2v) is 3.38. The zero-order valence-electron chi connectivity index (χ0n) is 8.32. The van der Waals surface area contributed by atoms with Crippen molar-refractivity contribution in [3.05, 3.63) is 29.8 Å². The van der Waals surface area contributed by atoms with Crippen molar-refractivity contribution in [1.82, 2.24) is 5.32 Å². The third-order valence-electron chi connectivity index (χ3n) is 1.79. The van der Waals surface area contributed by atoms with Gasteiger partial charge in [-0.15, -0.1) is 0 Å². The number of benzene rings is 1. The van der Waals surface area contributed by atoms with Crippen LogP contribution >= 0.6 is 12.2 Å². The molecule has 0 radical (unpaired) electrons. The van der Waals surface area contributed by atoms with Gasteiger partial charge in [0, 0.05) is 0 Å². The number of carbonyl (C=O) groups excluding carboxylic acids is 1. The fourth-order valence-electron chi connectivity index (χ4n) is 1.11. The Hall–Kier alpha value is -1.62. The molecule has 1 aromatic rings. The molecule has 0 unspecified atom stereocenters. The Morgan fingerprint density at radius 2 is 2.07 bits per heavy atom. The van der Waals surface area contributed by atoms with E-state index >= 15 is 0 Å². The third-order valence-corrected chi connectivity index (χ3v) is 1.89. The maximum atomic E-state index is 11.3. The SMILES string of the molecule is COc1ccc(CC(=O)NC(N)=S)cc1. The van der Waals surface area contributed by atoms with Crippen LogP contribution in [-0.2, 0) is 11.2 Å². The molecule has 1 aromatic carbocycles. The van der Waals surface area contributed by atoms with E-state index in [0.717, 1.165) is 11.3 Å². The Balaban J connectivity index is 2.57. The fraction of sp³-hybridized carbons (Fsp3) is 0.200. The van der Waals surface area contributed by atoms with Crippen LogP contribution in [0.3, 0.4) is 0 Å². The Morgan fingerprint density at radius 1 is 1.47 bits per heavy atom. The number of methoxy groups -OCH3 is 1. The van der Waals surface area contributed by atoms with Crippen molar-refractivity contribution in [3.8, 4) is 5.75 Å². The van der Waals surface area contributed by atoms with E-state index in [1.54, 1.807) is 19.2 Å². The Bertz CT molecular complexity index is 362. The standard InChI is InChI=1S/C10H12N2O2S/c1-14-8-4-2-7(3-5-8)6-9(13)12-10(11)15/h2-5H,6H2,1H3,(H3,11,12,13,15). The number of hydrogen-bond acceptors (Lipinski definition) is 3. The quantitative estimate of drug-likeness (QED) is 0.738. The average Bonchev–Trinajstić information content (AvgIpc) is 2.17. The summed E-state index contributed by atoms with van der Waals surface area (Å²) >= 11 is 4.55. The summed E-state index contributed by atoms with van der Waals surface area (Å²) in [7, 11) is 1.59. The molecule has 0 aliphatic heterocycles. The maximum absolute atomic E-state index is 11.3. The first-order valence-electron chi connectivity index (χ1n) is 4.34. The van der Waals surface area contributed by atoms with Gasteiger partial charge in [-0.25, -0.2) is 0 Å². The molecule has 0 saturated carbocycles. The molecular weight excluding hydrogens is 212 g/mol. The van der Waals surface area contributed by atoms with Gasteiger partial charge in [-0.3, -0.25) is 4.79 Å². The lowest BCUT2D eigenvalue weighted by Crippen LogP contribution is -2.35. The summed E-state index contributed by atoms with van der Waals surface area (Å²) in [6, 6.07) is 7.22. The number of ether oxygens (including phenoxy) is 1. The van der Waals surface area contributed by atoms with Crippen LogP contribution in [0.15, 0.2) is 24.3 Å². The van der Waals surface area contributed by atoms with Crippen LogP contribution in [0.25, 0.3) is 0 Å². The highest BCUT2D eigenvalue weighted by Crippen LogP contribution is 2.11. The Kier molecular flexibility index (Phi) is 4.05. The number of thiocarbonyl (C=S) groups is 1. The van der Waals surface area contributed by atoms with E-state index in [4.69, 9.17) is 10.5 Å². The van der Waals surface area contributed by atoms with Crippen molar-refractivity contribution in [2.75, 3.05) is 7.11 Å². The van der Waals surface area contributed by atoms with Crippen LogP contribution in [-0.4, -0.2) is 18.1 Å². The maximum Gasteiger partial charge on any atom is 0.230 e. The summed E-state index contributed by atoms with van der Waals surface area (Å²) in [6.45, 7) is 0. The molecule has 1 rings (SSSR count). The second-order valence-electron chi connectivity index (χ2n) is 2.94. The lowest BCUT2D eigenvalue weighted by Gasteiger charge is -2.04. The molecule has 15 heavy (non-hydrogen) atoms. The average molecular weight is 224 g/mol. The highest BCUT2D eigenvalue weighted by atomic mass is 32.1. The fourth-order valence-corrected chi connectivity index (χ4v) is 1.22. The largest absolute Gasteiger partial charge is 0.497 e. The highest BCUT2D eigenvalue weighted by Gasteiger charge is 2.03. The number of amides is 1. The van der Waals surface area contributed by atoms with Crippen molar-refractivity contribution in [1.29, 1.82) is 0 Å². The van der Waals surface area contributed by atoms with E-state index < -0.39 is 0 Å². The van der Waals surface area contributed by atoms with Gasteiger partial charge in [0.05, 0.1) is 13.5 Å². The van der Waals surface area contributed by atoms with Crippen LogP contribution in [0.1, 0.15) is 5.56 Å². The van der Waals surface area contributed by atoms with Crippen molar-refractivity contribution in [3.63, 3.8) is 0 Å². The molecule has 0 aliphatic rings. The third kappa shape index (κ3) is 3.95. The van der Waals surface area contributed by atoms with Crippen LogP contribution in [0.4, 0.5) is 0 Å². The van der Waals surface area contributed by atoms with Crippen molar-refractivity contribution in [2.45, 2.75) is 6.42 Å². The van der Waals surface area contributed by atoms with Gasteiger partial charge in [0.1, 0.15) is 5.75 Å². The molecule has 3 N–H and O–H groups in total. The van der Waals surface area contributed by atoms with Gasteiger partial charge >= 0.3 is 0 Å². The van der Waals surface area contributed by atoms with Crippen molar-refractivity contribution >= 4 is 23.2 Å². The molecule has 0 spiro atoms. The first kappa shape index (κ1) is 11.5. The monoisotopic (exact) mass is 224 g/mol. The number of nitrogens with two attached hydrogens (primary N) is 1. The molecule has 0 fully saturated rings. The van der Waals surface area contributed by atoms with E-state index in [9.17, 15) is 4.79 Å².